The number of rotatable bonds is 7. The van der Waals surface area contributed by atoms with Crippen molar-refractivity contribution in [3.8, 4) is 28.7 Å². The third-order valence-corrected chi connectivity index (χ3v) is 7.85. The van der Waals surface area contributed by atoms with Gasteiger partial charge in [0.05, 0.1) is 57.4 Å². The Morgan fingerprint density at radius 2 is 1.33 bits per heavy atom. The average Bonchev–Trinajstić information content (AvgIpc) is 3.12. The number of hydrogen-bond donors (Lipinski definition) is 2. The van der Waals surface area contributed by atoms with Crippen LogP contribution in [0.2, 0.25) is 0 Å². The van der Waals surface area contributed by atoms with Gasteiger partial charge in [0, 0.05) is 17.7 Å². The molecule has 0 bridgehead atoms. The molecule has 0 spiro atoms. The number of allylic oxidation sites excluding steroid dienone is 1. The van der Waals surface area contributed by atoms with E-state index in [1.54, 1.807) is 35.5 Å². The highest BCUT2D eigenvalue weighted by atomic mass is 79.9. The molecule has 5 rings (SSSR count). The van der Waals surface area contributed by atoms with Crippen molar-refractivity contribution < 1.29 is 28.5 Å². The molecule has 0 saturated heterocycles. The van der Waals surface area contributed by atoms with Gasteiger partial charge in [0.15, 0.2) is 28.8 Å². The van der Waals surface area contributed by atoms with Gasteiger partial charge in [0.1, 0.15) is 0 Å². The summed E-state index contributed by atoms with van der Waals surface area (Å²) in [6.45, 7) is 0. The Hall–Kier alpha value is -3.85. The smallest absolute Gasteiger partial charge is 0.203 e. The highest BCUT2D eigenvalue weighted by molar-refractivity contribution is 9.10. The number of carbonyl (C=O) groups excluding carboxylic acids is 1. The van der Waals surface area contributed by atoms with Gasteiger partial charge in [-0.25, -0.2) is 0 Å². The first-order valence-corrected chi connectivity index (χ1v) is 13.3. The molecule has 1 aliphatic heterocycles. The van der Waals surface area contributed by atoms with Gasteiger partial charge in [-0.3, -0.25) is 4.79 Å². The minimum atomic E-state index is -0.402. The molecule has 0 fully saturated rings. The fourth-order valence-corrected chi connectivity index (χ4v) is 6.04. The molecular weight excluding hydrogens is 564 g/mol. The maximum atomic E-state index is 14.0. The van der Waals surface area contributed by atoms with Crippen molar-refractivity contribution in [2.75, 3.05) is 46.2 Å². The average molecular weight is 595 g/mol. The second-order valence-electron chi connectivity index (χ2n) is 9.37. The van der Waals surface area contributed by atoms with Crippen molar-refractivity contribution in [1.82, 2.24) is 0 Å². The molecule has 204 valence electrons. The van der Waals surface area contributed by atoms with E-state index >= 15 is 0 Å². The summed E-state index contributed by atoms with van der Waals surface area (Å²) >= 11 is 3.62. The van der Waals surface area contributed by atoms with Crippen LogP contribution in [0.5, 0.6) is 28.7 Å². The normalized spacial score (nSPS) is 18.2. The van der Waals surface area contributed by atoms with Gasteiger partial charge in [0.2, 0.25) is 5.75 Å². The first-order valence-electron chi connectivity index (χ1n) is 12.5. The highest BCUT2D eigenvalue weighted by Crippen LogP contribution is 2.48. The van der Waals surface area contributed by atoms with Gasteiger partial charge in [0.25, 0.3) is 0 Å². The SMILES string of the molecule is COc1cc(C2Nc3ccccc3NC3=C2C(=O)CC(c2cc(OC)c(OC)c(OC)c2)C3)cc(Br)c1OC. The lowest BCUT2D eigenvalue weighted by atomic mass is 9.78. The largest absolute Gasteiger partial charge is 0.493 e. The second kappa shape index (κ2) is 11.1. The number of para-hydroxylation sites is 2. The van der Waals surface area contributed by atoms with E-state index in [0.717, 1.165) is 32.7 Å². The van der Waals surface area contributed by atoms with E-state index < -0.39 is 6.04 Å². The minimum absolute atomic E-state index is 0.0544. The van der Waals surface area contributed by atoms with E-state index in [9.17, 15) is 4.79 Å². The van der Waals surface area contributed by atoms with Gasteiger partial charge in [-0.1, -0.05) is 12.1 Å². The molecule has 1 heterocycles. The Labute approximate surface area is 236 Å². The van der Waals surface area contributed by atoms with Crippen LogP contribution in [0, 0.1) is 0 Å². The molecule has 1 aliphatic carbocycles. The summed E-state index contributed by atoms with van der Waals surface area (Å²) in [7, 11) is 7.96. The topological polar surface area (TPSA) is 87.3 Å². The number of nitrogens with one attached hydrogen (secondary N) is 2. The van der Waals surface area contributed by atoms with Gasteiger partial charge in [-0.2, -0.15) is 0 Å². The third-order valence-electron chi connectivity index (χ3n) is 7.26. The summed E-state index contributed by atoms with van der Waals surface area (Å²) in [6.07, 6.45) is 0.961. The van der Waals surface area contributed by atoms with Crippen LogP contribution in [0.15, 0.2) is 64.3 Å². The fourth-order valence-electron chi connectivity index (χ4n) is 5.42. The molecular formula is C30H31BrN2O6. The van der Waals surface area contributed by atoms with Crippen LogP contribution in [-0.2, 0) is 4.79 Å². The van der Waals surface area contributed by atoms with Crippen molar-refractivity contribution in [3.05, 3.63) is 75.4 Å². The Morgan fingerprint density at radius 3 is 1.95 bits per heavy atom. The molecule has 2 aliphatic rings. The molecule has 2 atom stereocenters. The van der Waals surface area contributed by atoms with Crippen molar-refractivity contribution >= 4 is 33.1 Å². The number of anilines is 2. The zero-order chi connectivity index (χ0) is 27.7. The summed E-state index contributed by atoms with van der Waals surface area (Å²) in [5.74, 6) is 2.80. The minimum Gasteiger partial charge on any atom is -0.493 e. The van der Waals surface area contributed by atoms with Gasteiger partial charge in [-0.05, 0) is 75.8 Å². The molecule has 0 aromatic heterocycles. The Kier molecular flexibility index (Phi) is 7.61. The number of ether oxygens (including phenoxy) is 5. The van der Waals surface area contributed by atoms with Gasteiger partial charge in [-0.15, -0.1) is 0 Å². The van der Waals surface area contributed by atoms with E-state index in [2.05, 4.69) is 26.6 Å². The number of benzene rings is 3. The summed E-state index contributed by atoms with van der Waals surface area (Å²) in [5, 5.41) is 7.19. The maximum Gasteiger partial charge on any atom is 0.203 e. The predicted octanol–water partition coefficient (Wildman–Crippen LogP) is 6.47. The van der Waals surface area contributed by atoms with Gasteiger partial charge < -0.3 is 34.3 Å². The molecule has 9 heteroatoms. The van der Waals surface area contributed by atoms with Crippen molar-refractivity contribution in [3.63, 3.8) is 0 Å². The number of methoxy groups -OCH3 is 5. The van der Waals surface area contributed by atoms with E-state index in [1.165, 1.54) is 0 Å². The number of fused-ring (bicyclic) bond motifs is 1. The number of Topliss-reactive ketones (excluding diaryl/α,β-unsaturated/α-hetero) is 1. The van der Waals surface area contributed by atoms with E-state index in [-0.39, 0.29) is 11.7 Å². The second-order valence-corrected chi connectivity index (χ2v) is 10.2. The zero-order valence-corrected chi connectivity index (χ0v) is 24.1. The third kappa shape index (κ3) is 4.87. The van der Waals surface area contributed by atoms with Crippen molar-refractivity contribution in [2.24, 2.45) is 0 Å². The molecule has 39 heavy (non-hydrogen) atoms. The molecule has 8 nitrogen and oxygen atoms in total. The molecule has 2 unspecified atom stereocenters. The summed E-state index contributed by atoms with van der Waals surface area (Å²) < 4.78 is 28.5. The quantitative estimate of drug-likeness (QED) is 0.322. The maximum absolute atomic E-state index is 14.0. The van der Waals surface area contributed by atoms with Crippen LogP contribution < -0.4 is 34.3 Å². The molecule has 0 amide bonds. The number of hydrogen-bond acceptors (Lipinski definition) is 8. The molecule has 0 radical (unpaired) electrons. The van der Waals surface area contributed by atoms with Crippen LogP contribution in [0.4, 0.5) is 11.4 Å². The van der Waals surface area contributed by atoms with Crippen molar-refractivity contribution in [1.29, 1.82) is 0 Å². The van der Waals surface area contributed by atoms with Crippen LogP contribution in [-0.4, -0.2) is 41.3 Å². The Morgan fingerprint density at radius 1 is 0.744 bits per heavy atom. The summed E-state index contributed by atoms with van der Waals surface area (Å²) in [6, 6.07) is 15.3. The zero-order valence-electron chi connectivity index (χ0n) is 22.5. The molecule has 0 saturated carbocycles. The number of halogens is 1. The van der Waals surface area contributed by atoms with Crippen molar-refractivity contribution in [2.45, 2.75) is 24.8 Å². The Balaban J connectivity index is 1.63. The molecule has 2 N–H and O–H groups in total. The van der Waals surface area contributed by atoms with Crippen LogP contribution in [0.3, 0.4) is 0 Å². The summed E-state index contributed by atoms with van der Waals surface area (Å²) in [5.41, 5.74) is 5.21. The van der Waals surface area contributed by atoms with E-state index in [0.29, 0.717) is 47.2 Å². The van der Waals surface area contributed by atoms with Crippen LogP contribution >= 0.6 is 15.9 Å². The number of ketones is 1. The van der Waals surface area contributed by atoms with Gasteiger partial charge >= 0.3 is 0 Å². The lowest BCUT2D eigenvalue weighted by Gasteiger charge is -2.30. The monoisotopic (exact) mass is 594 g/mol. The van der Waals surface area contributed by atoms with Crippen LogP contribution in [0.25, 0.3) is 0 Å². The first-order chi connectivity index (χ1) is 18.9. The standard InChI is InChI=1S/C30H31BrN2O6/c1-35-24-15-18(10-19(31)29(24)38-4)28-27-22(32-20-8-6-7-9-21(20)33-28)11-16(12-23(27)34)17-13-25(36-2)30(39-5)26(14-17)37-3/h6-10,13-16,28,32-33H,11-12H2,1-5H3. The lowest BCUT2D eigenvalue weighted by molar-refractivity contribution is -0.116. The highest BCUT2D eigenvalue weighted by Gasteiger charge is 2.37. The van der Waals surface area contributed by atoms with E-state index in [1.807, 2.05) is 48.5 Å². The van der Waals surface area contributed by atoms with Crippen LogP contribution in [0.1, 0.15) is 35.9 Å². The summed E-state index contributed by atoms with van der Waals surface area (Å²) in [4.78, 5) is 14.0. The predicted molar refractivity (Wildman–Crippen MR) is 154 cm³/mol. The lowest BCUT2D eigenvalue weighted by Crippen LogP contribution is -2.27. The molecule has 3 aromatic carbocycles. The molecule has 3 aromatic rings. The first kappa shape index (κ1) is 26.7. The fraction of sp³-hybridized carbons (Fsp3) is 0.300. The Bertz CT molecular complexity index is 1430. The van der Waals surface area contributed by atoms with E-state index in [4.69, 9.17) is 23.7 Å². The number of carbonyl (C=O) groups is 1.